The lowest BCUT2D eigenvalue weighted by molar-refractivity contribution is -0.169. The molecular weight excluding hydrogens is 350 g/mol. The standard InChI is InChI=1S/C18H23N5O4/c1-2-15(17(24)25)23-16(19-20-21-23)13-3-5-14(6-4-13)22-9-7-18(8-10-22)26-11-12-27-18/h3-6,15H,2,7-12H2,1H3,(H,24,25). The number of benzene rings is 1. The van der Waals surface area contributed by atoms with Crippen molar-refractivity contribution in [1.29, 1.82) is 0 Å². The molecule has 2 aromatic rings. The summed E-state index contributed by atoms with van der Waals surface area (Å²) in [5, 5.41) is 20.9. The van der Waals surface area contributed by atoms with Crippen LogP contribution in [-0.2, 0) is 14.3 Å². The Bertz CT molecular complexity index is 790. The molecule has 4 rings (SSSR count). The van der Waals surface area contributed by atoms with Crippen molar-refractivity contribution in [2.75, 3.05) is 31.2 Å². The molecule has 1 atom stereocenters. The van der Waals surface area contributed by atoms with Gasteiger partial charge in [0.1, 0.15) is 0 Å². The third kappa shape index (κ3) is 3.40. The highest BCUT2D eigenvalue weighted by atomic mass is 16.7. The number of anilines is 1. The summed E-state index contributed by atoms with van der Waals surface area (Å²) in [6.07, 6.45) is 2.11. The number of aliphatic carboxylic acids is 1. The summed E-state index contributed by atoms with van der Waals surface area (Å²) in [5.74, 6) is -0.868. The number of carboxylic acid groups (broad SMARTS) is 1. The Morgan fingerprint density at radius 3 is 2.48 bits per heavy atom. The first-order chi connectivity index (χ1) is 13.1. The van der Waals surface area contributed by atoms with Gasteiger partial charge < -0.3 is 19.5 Å². The molecule has 2 aliphatic rings. The van der Waals surface area contributed by atoms with E-state index in [1.807, 2.05) is 24.3 Å². The van der Waals surface area contributed by atoms with Crippen molar-refractivity contribution >= 4 is 11.7 Å². The second-order valence-corrected chi connectivity index (χ2v) is 6.85. The molecule has 0 amide bonds. The van der Waals surface area contributed by atoms with Crippen LogP contribution in [0.15, 0.2) is 24.3 Å². The molecule has 144 valence electrons. The summed E-state index contributed by atoms with van der Waals surface area (Å²) < 4.78 is 12.9. The fraction of sp³-hybridized carbons (Fsp3) is 0.556. The average Bonchev–Trinajstić information content (AvgIpc) is 3.33. The molecule has 9 heteroatoms. The molecule has 0 radical (unpaired) electrons. The predicted molar refractivity (Wildman–Crippen MR) is 96.3 cm³/mol. The minimum Gasteiger partial charge on any atom is -0.480 e. The molecular formula is C18H23N5O4. The topological polar surface area (TPSA) is 103 Å². The molecule has 2 aliphatic heterocycles. The number of piperidine rings is 1. The molecule has 1 aromatic carbocycles. The molecule has 2 fully saturated rings. The van der Waals surface area contributed by atoms with E-state index < -0.39 is 12.0 Å². The molecule has 1 aromatic heterocycles. The van der Waals surface area contributed by atoms with E-state index in [9.17, 15) is 9.90 Å². The molecule has 3 heterocycles. The Hall–Kier alpha value is -2.52. The molecule has 27 heavy (non-hydrogen) atoms. The highest BCUT2D eigenvalue weighted by molar-refractivity contribution is 5.73. The molecule has 1 unspecified atom stereocenters. The molecule has 1 spiro atoms. The van der Waals surface area contributed by atoms with E-state index in [4.69, 9.17) is 9.47 Å². The van der Waals surface area contributed by atoms with Gasteiger partial charge in [-0.1, -0.05) is 6.92 Å². The van der Waals surface area contributed by atoms with E-state index in [0.29, 0.717) is 25.5 Å². The third-order valence-electron chi connectivity index (χ3n) is 5.29. The number of ether oxygens (including phenoxy) is 2. The normalized spacial score (nSPS) is 20.1. The van der Waals surface area contributed by atoms with Gasteiger partial charge in [-0.05, 0) is 41.1 Å². The van der Waals surface area contributed by atoms with Gasteiger partial charge >= 0.3 is 5.97 Å². The van der Waals surface area contributed by atoms with Gasteiger partial charge in [0.25, 0.3) is 0 Å². The minimum atomic E-state index is -0.943. The zero-order valence-corrected chi connectivity index (χ0v) is 15.2. The van der Waals surface area contributed by atoms with Crippen LogP contribution in [0.25, 0.3) is 11.4 Å². The monoisotopic (exact) mass is 373 g/mol. The van der Waals surface area contributed by atoms with Crippen LogP contribution in [0.1, 0.15) is 32.2 Å². The van der Waals surface area contributed by atoms with Crippen molar-refractivity contribution in [3.63, 3.8) is 0 Å². The van der Waals surface area contributed by atoms with Crippen LogP contribution in [0.4, 0.5) is 5.69 Å². The van der Waals surface area contributed by atoms with Gasteiger partial charge in [0.05, 0.1) is 13.2 Å². The van der Waals surface area contributed by atoms with Crippen molar-refractivity contribution in [2.45, 2.75) is 38.0 Å². The fourth-order valence-corrected chi connectivity index (χ4v) is 3.76. The highest BCUT2D eigenvalue weighted by Crippen LogP contribution is 2.33. The number of aromatic nitrogens is 4. The second kappa shape index (κ2) is 7.24. The Morgan fingerprint density at radius 1 is 1.22 bits per heavy atom. The summed E-state index contributed by atoms with van der Waals surface area (Å²) in [7, 11) is 0. The molecule has 9 nitrogen and oxygen atoms in total. The van der Waals surface area contributed by atoms with Crippen LogP contribution in [0.2, 0.25) is 0 Å². The first kappa shape index (κ1) is 17.9. The van der Waals surface area contributed by atoms with Crippen molar-refractivity contribution in [2.24, 2.45) is 0 Å². The van der Waals surface area contributed by atoms with Crippen molar-refractivity contribution in [3.05, 3.63) is 24.3 Å². The van der Waals surface area contributed by atoms with Crippen LogP contribution < -0.4 is 4.90 Å². The van der Waals surface area contributed by atoms with Crippen LogP contribution in [0.3, 0.4) is 0 Å². The third-order valence-corrected chi connectivity index (χ3v) is 5.29. The Labute approximate surface area is 156 Å². The summed E-state index contributed by atoms with van der Waals surface area (Å²) in [5.41, 5.74) is 1.90. The molecule has 0 aliphatic carbocycles. The quantitative estimate of drug-likeness (QED) is 0.845. The molecule has 1 N–H and O–H groups in total. The highest BCUT2D eigenvalue weighted by Gasteiger charge is 2.39. The van der Waals surface area contributed by atoms with E-state index >= 15 is 0 Å². The van der Waals surface area contributed by atoms with E-state index in [-0.39, 0.29) is 5.79 Å². The van der Waals surface area contributed by atoms with Gasteiger partial charge in [-0.3, -0.25) is 0 Å². The fourth-order valence-electron chi connectivity index (χ4n) is 3.76. The predicted octanol–water partition coefficient (Wildman–Crippen LogP) is 1.72. The SMILES string of the molecule is CCC(C(=O)O)n1nnnc1-c1ccc(N2CCC3(CC2)OCCO3)cc1. The number of hydrogen-bond donors (Lipinski definition) is 1. The smallest absolute Gasteiger partial charge is 0.328 e. The van der Waals surface area contributed by atoms with E-state index in [2.05, 4.69) is 20.4 Å². The lowest BCUT2D eigenvalue weighted by Gasteiger charge is -2.38. The Kier molecular flexibility index (Phi) is 4.79. The summed E-state index contributed by atoms with van der Waals surface area (Å²) in [6, 6.07) is 7.12. The van der Waals surface area contributed by atoms with Crippen molar-refractivity contribution in [3.8, 4) is 11.4 Å². The Morgan fingerprint density at radius 2 is 1.89 bits per heavy atom. The van der Waals surface area contributed by atoms with Gasteiger partial charge in [-0.2, -0.15) is 0 Å². The first-order valence-electron chi connectivity index (χ1n) is 9.26. The maximum atomic E-state index is 11.4. The first-order valence-corrected chi connectivity index (χ1v) is 9.26. The lowest BCUT2D eigenvalue weighted by Crippen LogP contribution is -2.45. The maximum Gasteiger partial charge on any atom is 0.328 e. The molecule has 0 bridgehead atoms. The summed E-state index contributed by atoms with van der Waals surface area (Å²) in [4.78, 5) is 13.7. The van der Waals surface area contributed by atoms with Gasteiger partial charge in [0.2, 0.25) is 0 Å². The maximum absolute atomic E-state index is 11.4. The number of rotatable bonds is 5. The van der Waals surface area contributed by atoms with Crippen LogP contribution >= 0.6 is 0 Å². The summed E-state index contributed by atoms with van der Waals surface area (Å²) >= 11 is 0. The molecule has 0 saturated carbocycles. The number of tetrazole rings is 1. The van der Waals surface area contributed by atoms with Crippen LogP contribution in [-0.4, -0.2) is 63.4 Å². The van der Waals surface area contributed by atoms with Gasteiger partial charge in [-0.15, -0.1) is 5.10 Å². The number of carboxylic acids is 1. The largest absolute Gasteiger partial charge is 0.480 e. The van der Waals surface area contributed by atoms with Crippen molar-refractivity contribution in [1.82, 2.24) is 20.2 Å². The van der Waals surface area contributed by atoms with Crippen LogP contribution in [0.5, 0.6) is 0 Å². The van der Waals surface area contributed by atoms with Gasteiger partial charge in [0, 0.05) is 37.2 Å². The lowest BCUT2D eigenvalue weighted by atomic mass is 10.0. The zero-order valence-electron chi connectivity index (χ0n) is 15.2. The van der Waals surface area contributed by atoms with Gasteiger partial charge in [-0.25, -0.2) is 9.48 Å². The van der Waals surface area contributed by atoms with Gasteiger partial charge in [0.15, 0.2) is 17.7 Å². The number of hydrogen-bond acceptors (Lipinski definition) is 7. The zero-order chi connectivity index (χ0) is 18.9. The van der Waals surface area contributed by atoms with E-state index in [0.717, 1.165) is 37.2 Å². The van der Waals surface area contributed by atoms with Crippen molar-refractivity contribution < 1.29 is 19.4 Å². The minimum absolute atomic E-state index is 0.384. The number of nitrogens with zero attached hydrogens (tertiary/aromatic N) is 5. The number of carbonyl (C=O) groups is 1. The van der Waals surface area contributed by atoms with E-state index in [1.165, 1.54) is 4.68 Å². The second-order valence-electron chi connectivity index (χ2n) is 6.85. The van der Waals surface area contributed by atoms with E-state index in [1.54, 1.807) is 6.92 Å². The Balaban J connectivity index is 1.49. The molecule has 2 saturated heterocycles. The average molecular weight is 373 g/mol. The van der Waals surface area contributed by atoms with Crippen LogP contribution in [0, 0.1) is 0 Å². The summed E-state index contributed by atoms with van der Waals surface area (Å²) in [6.45, 7) is 4.90.